The molecule has 1 saturated carbocycles. The number of H-pyrrole nitrogens is 1. The summed E-state index contributed by atoms with van der Waals surface area (Å²) in [7, 11) is 0. The van der Waals surface area contributed by atoms with Crippen molar-refractivity contribution in [3.8, 4) is 0 Å². The first-order valence-electron chi connectivity index (χ1n) is 7.19. The average Bonchev–Trinajstić information content (AvgIpc) is 3.09. The molecule has 2 aromatic rings. The van der Waals surface area contributed by atoms with Crippen molar-refractivity contribution >= 4 is 16.9 Å². The van der Waals surface area contributed by atoms with Crippen molar-refractivity contribution in [3.63, 3.8) is 0 Å². The fourth-order valence-electron chi connectivity index (χ4n) is 3.39. The molecule has 6 nitrogen and oxygen atoms in total. The molecular weight excluding hydrogens is 254 g/mol. The minimum absolute atomic E-state index is 0.174. The second-order valence-corrected chi connectivity index (χ2v) is 6.06. The first-order chi connectivity index (χ1) is 9.72. The van der Waals surface area contributed by atoms with Crippen molar-refractivity contribution in [3.05, 3.63) is 18.1 Å². The molecule has 2 fully saturated rings. The normalized spacial score (nSPS) is 27.4. The minimum Gasteiger partial charge on any atom is -0.391 e. The number of fused-ring (bicyclic) bond motifs is 1. The lowest BCUT2D eigenvalue weighted by atomic mass is 10.0. The summed E-state index contributed by atoms with van der Waals surface area (Å²) in [6.45, 7) is 2.55. The molecule has 0 bridgehead atoms. The van der Waals surface area contributed by atoms with Gasteiger partial charge in [-0.3, -0.25) is 4.90 Å². The summed E-state index contributed by atoms with van der Waals surface area (Å²) < 4.78 is 0. The molecule has 2 aromatic heterocycles. The van der Waals surface area contributed by atoms with Crippen molar-refractivity contribution in [2.75, 3.05) is 18.8 Å². The van der Waals surface area contributed by atoms with Crippen molar-refractivity contribution in [1.29, 1.82) is 0 Å². The predicted octanol–water partition coefficient (Wildman–Crippen LogP) is 0.743. The molecule has 4 rings (SSSR count). The second-order valence-electron chi connectivity index (χ2n) is 6.06. The Balaban J connectivity index is 1.55. The number of likely N-dealkylation sites (tertiary alicyclic amines) is 1. The average molecular weight is 273 g/mol. The van der Waals surface area contributed by atoms with E-state index in [0.717, 1.165) is 42.1 Å². The van der Waals surface area contributed by atoms with Gasteiger partial charge in [0.25, 0.3) is 0 Å². The zero-order chi connectivity index (χ0) is 13.7. The number of nitrogens with one attached hydrogen (secondary N) is 1. The van der Waals surface area contributed by atoms with Crippen molar-refractivity contribution < 1.29 is 5.11 Å². The lowest BCUT2D eigenvalue weighted by Gasteiger charge is -2.14. The summed E-state index contributed by atoms with van der Waals surface area (Å²) >= 11 is 0. The van der Waals surface area contributed by atoms with Gasteiger partial charge in [-0.05, 0) is 18.8 Å². The zero-order valence-corrected chi connectivity index (χ0v) is 11.3. The van der Waals surface area contributed by atoms with Crippen LogP contribution in [0.5, 0.6) is 0 Å². The Labute approximate surface area is 117 Å². The van der Waals surface area contributed by atoms with Crippen LogP contribution in [0.2, 0.25) is 0 Å². The van der Waals surface area contributed by atoms with Crippen LogP contribution in [0.4, 0.5) is 5.82 Å². The lowest BCUT2D eigenvalue weighted by Crippen LogP contribution is -2.21. The fraction of sp³-hybridized carbons (Fsp3) is 0.571. The number of β-amino-alcohol motifs (C(OH)–C–C–N with tert-alkyl or cyclic N) is 1. The molecule has 2 aliphatic rings. The van der Waals surface area contributed by atoms with E-state index in [0.29, 0.717) is 11.7 Å². The molecule has 0 radical (unpaired) electrons. The van der Waals surface area contributed by atoms with Gasteiger partial charge in [-0.25, -0.2) is 9.97 Å². The van der Waals surface area contributed by atoms with Crippen LogP contribution in [0.15, 0.2) is 12.5 Å². The van der Waals surface area contributed by atoms with E-state index in [1.807, 2.05) is 6.20 Å². The molecular formula is C14H19N5O. The maximum atomic E-state index is 10.2. The van der Waals surface area contributed by atoms with E-state index in [1.54, 1.807) is 0 Å². The molecule has 1 aliphatic heterocycles. The summed E-state index contributed by atoms with van der Waals surface area (Å²) in [6.07, 6.45) is 5.85. The third-order valence-electron chi connectivity index (χ3n) is 4.60. The zero-order valence-electron chi connectivity index (χ0n) is 11.3. The number of anilines is 1. The molecule has 3 heterocycles. The predicted molar refractivity (Wildman–Crippen MR) is 75.8 cm³/mol. The summed E-state index contributed by atoms with van der Waals surface area (Å²) in [5.41, 5.74) is 8.65. The van der Waals surface area contributed by atoms with Crippen LogP contribution in [-0.2, 0) is 6.54 Å². The van der Waals surface area contributed by atoms with Crippen molar-refractivity contribution in [1.82, 2.24) is 19.9 Å². The topological polar surface area (TPSA) is 91.1 Å². The Bertz CT molecular complexity index is 636. The van der Waals surface area contributed by atoms with Gasteiger partial charge < -0.3 is 15.8 Å². The third-order valence-corrected chi connectivity index (χ3v) is 4.60. The quantitative estimate of drug-likeness (QED) is 0.767. The standard InChI is InChI=1S/C14H19N5O/c15-14-13-12(17-7-18-14)9(3-16-13)4-19-5-10(8-1-2-8)11(20)6-19/h3,7-8,10-11,16,20H,1-2,4-6H2,(H2,15,17,18)/t10?,11-/m0/s1. The first-order valence-corrected chi connectivity index (χ1v) is 7.19. The van der Waals surface area contributed by atoms with E-state index in [2.05, 4.69) is 19.9 Å². The van der Waals surface area contributed by atoms with Gasteiger partial charge in [-0.1, -0.05) is 0 Å². The van der Waals surface area contributed by atoms with Gasteiger partial charge in [-0.15, -0.1) is 0 Å². The van der Waals surface area contributed by atoms with Gasteiger partial charge in [0.05, 0.1) is 11.6 Å². The molecule has 1 aliphatic carbocycles. The van der Waals surface area contributed by atoms with Gasteiger partial charge in [-0.2, -0.15) is 0 Å². The summed E-state index contributed by atoms with van der Waals surface area (Å²) in [6, 6.07) is 0. The molecule has 4 N–H and O–H groups in total. The highest BCUT2D eigenvalue weighted by molar-refractivity contribution is 5.86. The molecule has 0 amide bonds. The van der Waals surface area contributed by atoms with E-state index in [1.165, 1.54) is 19.2 Å². The highest BCUT2D eigenvalue weighted by atomic mass is 16.3. The van der Waals surface area contributed by atoms with Gasteiger partial charge in [0.1, 0.15) is 11.8 Å². The first kappa shape index (κ1) is 12.1. The number of aromatic amines is 1. The maximum Gasteiger partial charge on any atom is 0.151 e. The van der Waals surface area contributed by atoms with E-state index in [-0.39, 0.29) is 6.10 Å². The number of nitrogens with zero attached hydrogens (tertiary/aromatic N) is 3. The molecule has 0 spiro atoms. The molecule has 20 heavy (non-hydrogen) atoms. The third kappa shape index (κ3) is 1.96. The molecule has 2 atom stereocenters. The van der Waals surface area contributed by atoms with Crippen LogP contribution in [-0.4, -0.2) is 44.2 Å². The molecule has 0 aromatic carbocycles. The van der Waals surface area contributed by atoms with E-state index < -0.39 is 0 Å². The Hall–Kier alpha value is -1.66. The van der Waals surface area contributed by atoms with Crippen LogP contribution in [0.25, 0.3) is 11.0 Å². The van der Waals surface area contributed by atoms with Crippen LogP contribution < -0.4 is 5.73 Å². The highest BCUT2D eigenvalue weighted by Gasteiger charge is 2.41. The number of rotatable bonds is 3. The van der Waals surface area contributed by atoms with E-state index >= 15 is 0 Å². The van der Waals surface area contributed by atoms with E-state index in [9.17, 15) is 5.11 Å². The Morgan fingerprint density at radius 1 is 1.35 bits per heavy atom. The second kappa shape index (κ2) is 4.43. The van der Waals surface area contributed by atoms with Crippen LogP contribution in [0.3, 0.4) is 0 Å². The number of aliphatic hydroxyl groups is 1. The Kier molecular flexibility index (Phi) is 2.68. The monoisotopic (exact) mass is 273 g/mol. The number of aromatic nitrogens is 3. The van der Waals surface area contributed by atoms with Crippen molar-refractivity contribution in [2.24, 2.45) is 11.8 Å². The fourth-order valence-corrected chi connectivity index (χ4v) is 3.39. The van der Waals surface area contributed by atoms with Crippen LogP contribution in [0, 0.1) is 11.8 Å². The van der Waals surface area contributed by atoms with Gasteiger partial charge in [0.15, 0.2) is 5.82 Å². The summed E-state index contributed by atoms with van der Waals surface area (Å²) in [5.74, 6) is 1.69. The van der Waals surface area contributed by atoms with Gasteiger partial charge in [0.2, 0.25) is 0 Å². The number of nitrogen functional groups attached to an aromatic ring is 1. The number of nitrogens with two attached hydrogens (primary N) is 1. The molecule has 106 valence electrons. The summed E-state index contributed by atoms with van der Waals surface area (Å²) in [5, 5.41) is 10.2. The van der Waals surface area contributed by atoms with E-state index in [4.69, 9.17) is 5.73 Å². The Morgan fingerprint density at radius 2 is 2.20 bits per heavy atom. The number of hydrogen-bond donors (Lipinski definition) is 3. The lowest BCUT2D eigenvalue weighted by molar-refractivity contribution is 0.132. The largest absolute Gasteiger partial charge is 0.391 e. The molecule has 1 unspecified atom stereocenters. The van der Waals surface area contributed by atoms with Crippen LogP contribution in [0.1, 0.15) is 18.4 Å². The number of hydrogen-bond acceptors (Lipinski definition) is 5. The number of aliphatic hydroxyl groups excluding tert-OH is 1. The Morgan fingerprint density at radius 3 is 3.00 bits per heavy atom. The molecule has 6 heteroatoms. The van der Waals surface area contributed by atoms with Gasteiger partial charge in [0, 0.05) is 37.3 Å². The van der Waals surface area contributed by atoms with Crippen molar-refractivity contribution in [2.45, 2.75) is 25.5 Å². The maximum absolute atomic E-state index is 10.2. The SMILES string of the molecule is Nc1ncnc2c(CN3CC(C4CC4)[C@@H](O)C3)c[nH]c12. The highest BCUT2D eigenvalue weighted by Crippen LogP contribution is 2.41. The molecule has 1 saturated heterocycles. The minimum atomic E-state index is -0.174. The summed E-state index contributed by atoms with van der Waals surface area (Å²) in [4.78, 5) is 13.8. The van der Waals surface area contributed by atoms with Gasteiger partial charge >= 0.3 is 0 Å². The smallest absolute Gasteiger partial charge is 0.151 e. The van der Waals surface area contributed by atoms with Crippen LogP contribution >= 0.6 is 0 Å².